The second kappa shape index (κ2) is 11.5. The quantitative estimate of drug-likeness (QED) is 0.455. The highest BCUT2D eigenvalue weighted by Gasteiger charge is 2.32. The molecule has 0 unspecified atom stereocenters. The molecule has 2 aliphatic rings. The number of nitrogens with one attached hydrogen (secondary N) is 2. The third kappa shape index (κ3) is 6.53. The molecule has 1 saturated heterocycles. The standard InChI is InChI=1S/C27H31F3N8O2/c1-31-24-33-25(37-13-11-36(2)12-14-37)35-26(34-24)38-10-9-18-15-19(7-8-21(18)17-38)23(39)32-16-20-5-3-4-6-22(20)40-27(28,29)30/h3-8,15H,9-14,16-17H2,1-2H3,(H,32,39)(H,31,33,34,35). The van der Waals surface area contributed by atoms with Crippen molar-refractivity contribution in [2.45, 2.75) is 25.9 Å². The van der Waals surface area contributed by atoms with E-state index in [0.717, 1.165) is 37.3 Å². The molecule has 1 aromatic heterocycles. The van der Waals surface area contributed by atoms with Gasteiger partial charge in [0.2, 0.25) is 17.8 Å². The fraction of sp³-hybridized carbons (Fsp3) is 0.407. The number of amides is 1. The number of carbonyl (C=O) groups excluding carboxylic acids is 1. The number of rotatable bonds is 7. The summed E-state index contributed by atoms with van der Waals surface area (Å²) < 4.78 is 42.2. The molecule has 0 aliphatic carbocycles. The average Bonchev–Trinajstić information content (AvgIpc) is 2.95. The molecular formula is C27H31F3N8O2. The van der Waals surface area contributed by atoms with E-state index in [2.05, 4.69) is 47.1 Å². The Morgan fingerprint density at radius 2 is 1.68 bits per heavy atom. The normalized spacial score (nSPS) is 15.9. The van der Waals surface area contributed by atoms with Crippen LogP contribution < -0.4 is 25.2 Å². The van der Waals surface area contributed by atoms with Gasteiger partial charge in [-0.3, -0.25) is 4.79 Å². The van der Waals surface area contributed by atoms with E-state index in [1.807, 2.05) is 12.1 Å². The van der Waals surface area contributed by atoms with Crippen LogP contribution in [0.2, 0.25) is 0 Å². The molecule has 3 aromatic rings. The maximum Gasteiger partial charge on any atom is 0.573 e. The summed E-state index contributed by atoms with van der Waals surface area (Å²) in [7, 11) is 3.88. The van der Waals surface area contributed by atoms with Gasteiger partial charge in [-0.25, -0.2) is 0 Å². The van der Waals surface area contributed by atoms with Crippen LogP contribution in [-0.2, 0) is 19.5 Å². The molecule has 0 atom stereocenters. The third-order valence-electron chi connectivity index (χ3n) is 7.02. The molecular weight excluding hydrogens is 525 g/mol. The van der Waals surface area contributed by atoms with Gasteiger partial charge in [0.15, 0.2) is 0 Å². The van der Waals surface area contributed by atoms with Crippen molar-refractivity contribution in [3.63, 3.8) is 0 Å². The van der Waals surface area contributed by atoms with E-state index in [-0.39, 0.29) is 23.8 Å². The SMILES string of the molecule is CNc1nc(N2CCN(C)CC2)nc(N2CCc3cc(C(=O)NCc4ccccc4OC(F)(F)F)ccc3C2)n1. The summed E-state index contributed by atoms with van der Waals surface area (Å²) in [4.78, 5) is 33.3. The molecule has 13 heteroatoms. The molecule has 1 fully saturated rings. The number of halogens is 3. The Morgan fingerprint density at radius 1 is 0.950 bits per heavy atom. The minimum Gasteiger partial charge on any atom is -0.405 e. The van der Waals surface area contributed by atoms with E-state index in [4.69, 9.17) is 4.98 Å². The maximum absolute atomic E-state index is 12.8. The Bertz CT molecular complexity index is 1360. The predicted octanol–water partition coefficient (Wildman–Crippen LogP) is 3.06. The molecule has 2 N–H and O–H groups in total. The number of benzene rings is 2. The summed E-state index contributed by atoms with van der Waals surface area (Å²) in [5.74, 6) is 1.05. The van der Waals surface area contributed by atoms with Gasteiger partial charge < -0.3 is 30.1 Å². The van der Waals surface area contributed by atoms with Crippen LogP contribution >= 0.6 is 0 Å². The van der Waals surface area contributed by atoms with Crippen LogP contribution in [0.5, 0.6) is 5.75 Å². The van der Waals surface area contributed by atoms with Crippen molar-refractivity contribution in [2.24, 2.45) is 0 Å². The minimum absolute atomic E-state index is 0.0984. The highest BCUT2D eigenvalue weighted by molar-refractivity contribution is 5.94. The van der Waals surface area contributed by atoms with Crippen LogP contribution in [0.1, 0.15) is 27.0 Å². The number of hydrogen-bond donors (Lipinski definition) is 2. The number of nitrogens with zero attached hydrogens (tertiary/aromatic N) is 6. The summed E-state index contributed by atoms with van der Waals surface area (Å²) in [6, 6.07) is 11.2. The van der Waals surface area contributed by atoms with E-state index in [9.17, 15) is 18.0 Å². The Morgan fingerprint density at radius 3 is 2.40 bits per heavy atom. The van der Waals surface area contributed by atoms with Gasteiger partial charge >= 0.3 is 6.36 Å². The van der Waals surface area contributed by atoms with Crippen molar-refractivity contribution in [1.29, 1.82) is 0 Å². The number of hydrogen-bond acceptors (Lipinski definition) is 9. The molecule has 0 spiro atoms. The van der Waals surface area contributed by atoms with Crippen molar-refractivity contribution in [3.05, 3.63) is 64.7 Å². The molecule has 0 radical (unpaired) electrons. The van der Waals surface area contributed by atoms with Crippen LogP contribution in [0.3, 0.4) is 0 Å². The first kappa shape index (κ1) is 27.4. The van der Waals surface area contributed by atoms with Crippen LogP contribution in [0, 0.1) is 0 Å². The lowest BCUT2D eigenvalue weighted by atomic mass is 9.97. The summed E-state index contributed by atoms with van der Waals surface area (Å²) >= 11 is 0. The highest BCUT2D eigenvalue weighted by atomic mass is 19.4. The number of carbonyl (C=O) groups is 1. The third-order valence-corrected chi connectivity index (χ3v) is 7.02. The first-order chi connectivity index (χ1) is 19.2. The second-order valence-electron chi connectivity index (χ2n) is 9.79. The monoisotopic (exact) mass is 556 g/mol. The lowest BCUT2D eigenvalue weighted by Gasteiger charge is -2.33. The average molecular weight is 557 g/mol. The fourth-order valence-corrected chi connectivity index (χ4v) is 4.77. The van der Waals surface area contributed by atoms with Gasteiger partial charge in [0.1, 0.15) is 5.75 Å². The molecule has 40 heavy (non-hydrogen) atoms. The Hall–Kier alpha value is -4.13. The molecule has 2 aromatic carbocycles. The molecule has 1 amide bonds. The number of ether oxygens (including phenoxy) is 1. The molecule has 2 aliphatic heterocycles. The number of piperazine rings is 1. The largest absolute Gasteiger partial charge is 0.573 e. The summed E-state index contributed by atoms with van der Waals surface area (Å²) in [5.41, 5.74) is 2.76. The first-order valence-electron chi connectivity index (χ1n) is 13.0. The van der Waals surface area contributed by atoms with E-state index in [1.54, 1.807) is 19.2 Å². The molecule has 10 nitrogen and oxygen atoms in total. The molecule has 0 saturated carbocycles. The molecule has 3 heterocycles. The molecule has 212 valence electrons. The summed E-state index contributed by atoms with van der Waals surface area (Å²) in [6.45, 7) is 4.71. The molecule has 5 rings (SSSR count). The van der Waals surface area contributed by atoms with Crippen LogP contribution in [-0.4, -0.2) is 78.9 Å². The Labute approximate surface area is 230 Å². The summed E-state index contributed by atoms with van der Waals surface area (Å²) in [6.07, 6.45) is -4.13. The number of alkyl halides is 3. The predicted molar refractivity (Wildman–Crippen MR) is 145 cm³/mol. The second-order valence-corrected chi connectivity index (χ2v) is 9.79. The number of fused-ring (bicyclic) bond motifs is 1. The zero-order valence-corrected chi connectivity index (χ0v) is 22.3. The number of anilines is 3. The van der Waals surface area contributed by atoms with Gasteiger partial charge in [0.05, 0.1) is 0 Å². The van der Waals surface area contributed by atoms with Crippen LogP contribution in [0.25, 0.3) is 0 Å². The lowest BCUT2D eigenvalue weighted by Crippen LogP contribution is -2.45. The lowest BCUT2D eigenvalue weighted by molar-refractivity contribution is -0.274. The number of likely N-dealkylation sites (N-methyl/N-ethyl adjacent to an activating group) is 1. The van der Waals surface area contributed by atoms with Gasteiger partial charge in [0.25, 0.3) is 5.91 Å². The Balaban J connectivity index is 1.26. The van der Waals surface area contributed by atoms with Crippen molar-refractivity contribution in [2.75, 3.05) is 61.9 Å². The minimum atomic E-state index is -4.81. The fourth-order valence-electron chi connectivity index (χ4n) is 4.77. The van der Waals surface area contributed by atoms with Crippen molar-refractivity contribution < 1.29 is 22.7 Å². The first-order valence-corrected chi connectivity index (χ1v) is 13.0. The van der Waals surface area contributed by atoms with E-state index in [0.29, 0.717) is 42.9 Å². The van der Waals surface area contributed by atoms with Crippen molar-refractivity contribution in [1.82, 2.24) is 25.2 Å². The van der Waals surface area contributed by atoms with Crippen LogP contribution in [0.15, 0.2) is 42.5 Å². The van der Waals surface area contributed by atoms with Gasteiger partial charge in [-0.05, 0) is 42.8 Å². The van der Waals surface area contributed by atoms with Crippen LogP contribution in [0.4, 0.5) is 31.0 Å². The summed E-state index contributed by atoms with van der Waals surface area (Å²) in [5, 5.41) is 5.74. The maximum atomic E-state index is 12.8. The number of para-hydroxylation sites is 1. The van der Waals surface area contributed by atoms with Gasteiger partial charge in [-0.2, -0.15) is 15.0 Å². The Kier molecular flexibility index (Phi) is 7.92. The smallest absolute Gasteiger partial charge is 0.405 e. The molecule has 0 bridgehead atoms. The van der Waals surface area contributed by atoms with E-state index in [1.165, 1.54) is 18.2 Å². The zero-order chi connectivity index (χ0) is 28.3. The van der Waals surface area contributed by atoms with Gasteiger partial charge in [-0.15, -0.1) is 13.2 Å². The zero-order valence-electron chi connectivity index (χ0n) is 22.3. The van der Waals surface area contributed by atoms with Gasteiger partial charge in [-0.1, -0.05) is 24.3 Å². The van der Waals surface area contributed by atoms with E-state index < -0.39 is 6.36 Å². The highest BCUT2D eigenvalue weighted by Crippen LogP contribution is 2.27. The van der Waals surface area contributed by atoms with E-state index >= 15 is 0 Å². The number of aromatic nitrogens is 3. The topological polar surface area (TPSA) is 98.8 Å². The van der Waals surface area contributed by atoms with Crippen molar-refractivity contribution >= 4 is 23.8 Å². The van der Waals surface area contributed by atoms with Crippen molar-refractivity contribution in [3.8, 4) is 5.75 Å². The van der Waals surface area contributed by atoms with Gasteiger partial charge in [0, 0.05) is 64.0 Å².